The van der Waals surface area contributed by atoms with E-state index in [1.54, 1.807) is 47.6 Å². The number of hydrogen-bond donors (Lipinski definition) is 3. The second-order valence-corrected chi connectivity index (χ2v) is 6.40. The zero-order valence-corrected chi connectivity index (χ0v) is 18.2. The standard InChI is InChI=1S/C22H30N4O4/c1-23-21(27)16-8-6-7-15(11-16)9-10-25-22(24-2)26-14-17-12-19(29-4)20(30-5)13-18(17)28-3/h6-8,11-13H,9-10,14H2,1-5H3,(H,23,27)(H2,24,25,26). The Bertz CT molecular complexity index is 883. The lowest BCUT2D eigenvalue weighted by molar-refractivity contribution is 0.0963. The average molecular weight is 415 g/mol. The molecule has 0 aliphatic carbocycles. The van der Waals surface area contributed by atoms with E-state index in [0.29, 0.717) is 41.9 Å². The molecule has 1 amide bonds. The second-order valence-electron chi connectivity index (χ2n) is 6.40. The molecule has 0 saturated carbocycles. The number of nitrogens with one attached hydrogen (secondary N) is 3. The molecule has 8 heteroatoms. The summed E-state index contributed by atoms with van der Waals surface area (Å²) in [5, 5.41) is 9.19. The molecule has 0 unspecified atom stereocenters. The smallest absolute Gasteiger partial charge is 0.251 e. The topological polar surface area (TPSA) is 93.2 Å². The van der Waals surface area contributed by atoms with Crippen molar-refractivity contribution in [3.05, 3.63) is 53.1 Å². The molecule has 8 nitrogen and oxygen atoms in total. The summed E-state index contributed by atoms with van der Waals surface area (Å²) in [6.07, 6.45) is 0.755. The second kappa shape index (κ2) is 11.5. The molecule has 162 valence electrons. The molecule has 2 aromatic carbocycles. The molecule has 0 aromatic heterocycles. The average Bonchev–Trinajstić information content (AvgIpc) is 2.80. The summed E-state index contributed by atoms with van der Waals surface area (Å²) < 4.78 is 16.2. The predicted octanol–water partition coefficient (Wildman–Crippen LogP) is 1.98. The predicted molar refractivity (Wildman–Crippen MR) is 118 cm³/mol. The van der Waals surface area contributed by atoms with Gasteiger partial charge in [0, 0.05) is 44.4 Å². The van der Waals surface area contributed by atoms with E-state index in [1.165, 1.54) is 0 Å². The molecule has 0 atom stereocenters. The van der Waals surface area contributed by atoms with Gasteiger partial charge in [-0.05, 0) is 30.2 Å². The van der Waals surface area contributed by atoms with Gasteiger partial charge in [-0.2, -0.15) is 0 Å². The molecule has 0 saturated heterocycles. The van der Waals surface area contributed by atoms with Gasteiger partial charge in [0.25, 0.3) is 5.91 Å². The minimum absolute atomic E-state index is 0.0915. The first-order valence-corrected chi connectivity index (χ1v) is 9.60. The normalized spacial score (nSPS) is 10.9. The Hall–Kier alpha value is -3.42. The number of nitrogens with zero attached hydrogens (tertiary/aromatic N) is 1. The molecular weight excluding hydrogens is 384 g/mol. The Morgan fingerprint density at radius 2 is 1.67 bits per heavy atom. The third-order valence-corrected chi connectivity index (χ3v) is 4.58. The molecule has 0 fully saturated rings. The Morgan fingerprint density at radius 1 is 0.967 bits per heavy atom. The summed E-state index contributed by atoms with van der Waals surface area (Å²) in [5.41, 5.74) is 2.63. The zero-order chi connectivity index (χ0) is 21.9. The van der Waals surface area contributed by atoms with E-state index in [0.717, 1.165) is 17.5 Å². The fourth-order valence-electron chi connectivity index (χ4n) is 2.97. The van der Waals surface area contributed by atoms with Gasteiger partial charge in [-0.1, -0.05) is 12.1 Å². The van der Waals surface area contributed by atoms with E-state index in [-0.39, 0.29) is 5.91 Å². The van der Waals surface area contributed by atoms with Gasteiger partial charge in [0.05, 0.1) is 21.3 Å². The Morgan fingerprint density at radius 3 is 2.30 bits per heavy atom. The van der Waals surface area contributed by atoms with Crippen molar-refractivity contribution < 1.29 is 19.0 Å². The van der Waals surface area contributed by atoms with Crippen LogP contribution in [0.3, 0.4) is 0 Å². The zero-order valence-electron chi connectivity index (χ0n) is 18.2. The van der Waals surface area contributed by atoms with Crippen LogP contribution in [0.15, 0.2) is 41.4 Å². The van der Waals surface area contributed by atoms with Gasteiger partial charge in [-0.25, -0.2) is 0 Å². The first-order chi connectivity index (χ1) is 14.6. The Labute approximate surface area is 177 Å². The van der Waals surface area contributed by atoms with Crippen LogP contribution in [-0.2, 0) is 13.0 Å². The van der Waals surface area contributed by atoms with Gasteiger partial charge < -0.3 is 30.2 Å². The number of hydrogen-bond acceptors (Lipinski definition) is 5. The van der Waals surface area contributed by atoms with Crippen molar-refractivity contribution in [3.63, 3.8) is 0 Å². The summed E-state index contributed by atoms with van der Waals surface area (Å²) in [4.78, 5) is 16.0. The summed E-state index contributed by atoms with van der Waals surface area (Å²) >= 11 is 0. The van der Waals surface area contributed by atoms with E-state index in [4.69, 9.17) is 14.2 Å². The third-order valence-electron chi connectivity index (χ3n) is 4.58. The summed E-state index contributed by atoms with van der Waals surface area (Å²) in [7, 11) is 8.14. The quantitative estimate of drug-likeness (QED) is 0.429. The maximum atomic E-state index is 11.8. The fourth-order valence-corrected chi connectivity index (χ4v) is 2.97. The number of benzene rings is 2. The Kier molecular flexibility index (Phi) is 8.80. The van der Waals surface area contributed by atoms with Crippen LogP contribution in [0.4, 0.5) is 0 Å². The molecule has 0 heterocycles. The highest BCUT2D eigenvalue weighted by Gasteiger charge is 2.12. The molecular formula is C22H30N4O4. The fraction of sp³-hybridized carbons (Fsp3) is 0.364. The molecule has 2 rings (SSSR count). The maximum Gasteiger partial charge on any atom is 0.251 e. The number of rotatable bonds is 9. The van der Waals surface area contributed by atoms with Crippen LogP contribution in [0, 0.1) is 0 Å². The van der Waals surface area contributed by atoms with Crippen molar-refractivity contribution >= 4 is 11.9 Å². The minimum Gasteiger partial charge on any atom is -0.496 e. The number of carbonyl (C=O) groups is 1. The van der Waals surface area contributed by atoms with Crippen LogP contribution in [0.5, 0.6) is 17.2 Å². The molecule has 0 aliphatic rings. The van der Waals surface area contributed by atoms with Crippen molar-refractivity contribution in [2.75, 3.05) is 42.0 Å². The monoisotopic (exact) mass is 414 g/mol. The lowest BCUT2D eigenvalue weighted by atomic mass is 10.1. The van der Waals surface area contributed by atoms with E-state index < -0.39 is 0 Å². The van der Waals surface area contributed by atoms with Crippen molar-refractivity contribution in [1.82, 2.24) is 16.0 Å². The van der Waals surface area contributed by atoms with Gasteiger partial charge in [0.2, 0.25) is 0 Å². The minimum atomic E-state index is -0.0915. The number of carbonyl (C=O) groups excluding carboxylic acids is 1. The first-order valence-electron chi connectivity index (χ1n) is 9.60. The van der Waals surface area contributed by atoms with Crippen LogP contribution in [0.2, 0.25) is 0 Å². The highest BCUT2D eigenvalue weighted by atomic mass is 16.5. The maximum absolute atomic E-state index is 11.8. The lowest BCUT2D eigenvalue weighted by Gasteiger charge is -2.16. The first kappa shape index (κ1) is 22.9. The van der Waals surface area contributed by atoms with Gasteiger partial charge >= 0.3 is 0 Å². The van der Waals surface area contributed by atoms with Crippen molar-refractivity contribution in [2.45, 2.75) is 13.0 Å². The van der Waals surface area contributed by atoms with Gasteiger partial charge in [0.1, 0.15) is 5.75 Å². The molecule has 30 heavy (non-hydrogen) atoms. The van der Waals surface area contributed by atoms with Crippen LogP contribution in [-0.4, -0.2) is 53.8 Å². The van der Waals surface area contributed by atoms with E-state index in [2.05, 4.69) is 20.9 Å². The molecule has 2 aromatic rings. The summed E-state index contributed by atoms with van der Waals surface area (Å²) in [6, 6.07) is 11.3. The lowest BCUT2D eigenvalue weighted by Crippen LogP contribution is -2.38. The molecule has 0 bridgehead atoms. The van der Waals surface area contributed by atoms with Crippen LogP contribution in [0.25, 0.3) is 0 Å². The molecule has 0 aliphatic heterocycles. The van der Waals surface area contributed by atoms with Gasteiger partial charge in [-0.3, -0.25) is 9.79 Å². The van der Waals surface area contributed by atoms with E-state index in [9.17, 15) is 4.79 Å². The molecule has 3 N–H and O–H groups in total. The third kappa shape index (κ3) is 6.04. The van der Waals surface area contributed by atoms with E-state index in [1.807, 2.05) is 24.3 Å². The van der Waals surface area contributed by atoms with Crippen LogP contribution in [0.1, 0.15) is 21.5 Å². The number of amides is 1. The number of aliphatic imine (C=N–C) groups is 1. The summed E-state index contributed by atoms with van der Waals surface area (Å²) in [5.74, 6) is 2.51. The highest BCUT2D eigenvalue weighted by molar-refractivity contribution is 5.94. The number of guanidine groups is 1. The van der Waals surface area contributed by atoms with E-state index >= 15 is 0 Å². The van der Waals surface area contributed by atoms with Gasteiger partial charge in [0.15, 0.2) is 17.5 Å². The van der Waals surface area contributed by atoms with Crippen molar-refractivity contribution in [3.8, 4) is 17.2 Å². The number of methoxy groups -OCH3 is 3. The van der Waals surface area contributed by atoms with Gasteiger partial charge in [-0.15, -0.1) is 0 Å². The summed E-state index contributed by atoms with van der Waals surface area (Å²) in [6.45, 7) is 1.16. The Balaban J connectivity index is 1.95. The van der Waals surface area contributed by atoms with Crippen molar-refractivity contribution in [2.24, 2.45) is 4.99 Å². The van der Waals surface area contributed by atoms with Crippen LogP contribution >= 0.6 is 0 Å². The largest absolute Gasteiger partial charge is 0.496 e. The highest BCUT2D eigenvalue weighted by Crippen LogP contribution is 2.34. The SMILES string of the molecule is CN=C(NCCc1cccc(C(=O)NC)c1)NCc1cc(OC)c(OC)cc1OC. The number of ether oxygens (including phenoxy) is 3. The molecule has 0 spiro atoms. The molecule has 0 radical (unpaired) electrons. The van der Waals surface area contributed by atoms with Crippen molar-refractivity contribution in [1.29, 1.82) is 0 Å². The van der Waals surface area contributed by atoms with Crippen LogP contribution < -0.4 is 30.2 Å².